The van der Waals surface area contributed by atoms with E-state index in [4.69, 9.17) is 10.2 Å². The van der Waals surface area contributed by atoms with E-state index in [9.17, 15) is 0 Å². The third-order valence-electron chi connectivity index (χ3n) is 1.69. The van der Waals surface area contributed by atoms with E-state index in [-0.39, 0.29) is 0 Å². The molecule has 0 saturated heterocycles. The molecule has 2 rings (SSSR count). The van der Waals surface area contributed by atoms with Crippen molar-refractivity contribution in [1.29, 1.82) is 0 Å². The van der Waals surface area contributed by atoms with E-state index in [2.05, 4.69) is 10.3 Å². The van der Waals surface area contributed by atoms with Crippen molar-refractivity contribution in [3.63, 3.8) is 0 Å². The van der Waals surface area contributed by atoms with Crippen LogP contribution in [0.1, 0.15) is 11.5 Å². The Kier molecular flexibility index (Phi) is 2.09. The molecule has 2 N–H and O–H groups in total. The number of aromatic nitrogens is 3. The first-order valence-corrected chi connectivity index (χ1v) is 4.00. The summed E-state index contributed by atoms with van der Waals surface area (Å²) in [5.41, 5.74) is 6.18. The van der Waals surface area contributed by atoms with Gasteiger partial charge >= 0.3 is 0 Å². The maximum absolute atomic E-state index is 5.40. The van der Waals surface area contributed by atoms with Crippen LogP contribution in [-0.2, 0) is 13.1 Å². The van der Waals surface area contributed by atoms with E-state index in [1.165, 1.54) is 0 Å². The van der Waals surface area contributed by atoms with Crippen molar-refractivity contribution in [1.82, 2.24) is 15.0 Å². The standard InChI is InChI=1S/C8H10N4O/c9-4-7-5-12(11-10-7)6-8-2-1-3-13-8/h1-3,5H,4,6,9H2. The quantitative estimate of drug-likeness (QED) is 0.737. The Morgan fingerprint density at radius 2 is 2.46 bits per heavy atom. The van der Waals surface area contributed by atoms with Gasteiger partial charge in [0.25, 0.3) is 0 Å². The van der Waals surface area contributed by atoms with Gasteiger partial charge in [-0.25, -0.2) is 4.68 Å². The second-order valence-corrected chi connectivity index (χ2v) is 2.69. The highest BCUT2D eigenvalue weighted by Gasteiger charge is 2.00. The van der Waals surface area contributed by atoms with Gasteiger partial charge in [-0.1, -0.05) is 5.21 Å². The van der Waals surface area contributed by atoms with Crippen LogP contribution in [0.3, 0.4) is 0 Å². The summed E-state index contributed by atoms with van der Waals surface area (Å²) in [4.78, 5) is 0. The van der Waals surface area contributed by atoms with E-state index >= 15 is 0 Å². The molecule has 0 unspecified atom stereocenters. The molecule has 0 amide bonds. The van der Waals surface area contributed by atoms with Crippen molar-refractivity contribution in [2.45, 2.75) is 13.1 Å². The average molecular weight is 178 g/mol. The molecule has 13 heavy (non-hydrogen) atoms. The Morgan fingerprint density at radius 1 is 1.54 bits per heavy atom. The molecule has 2 heterocycles. The van der Waals surface area contributed by atoms with Crippen molar-refractivity contribution >= 4 is 0 Å². The summed E-state index contributed by atoms with van der Waals surface area (Å²) in [6, 6.07) is 3.74. The minimum Gasteiger partial charge on any atom is -0.467 e. The molecule has 0 bridgehead atoms. The van der Waals surface area contributed by atoms with Crippen LogP contribution in [0.25, 0.3) is 0 Å². The number of rotatable bonds is 3. The van der Waals surface area contributed by atoms with E-state index in [1.54, 1.807) is 10.9 Å². The summed E-state index contributed by atoms with van der Waals surface area (Å²) in [6.45, 7) is 1.01. The van der Waals surface area contributed by atoms with Crippen molar-refractivity contribution in [2.24, 2.45) is 5.73 Å². The fourth-order valence-corrected chi connectivity index (χ4v) is 1.07. The highest BCUT2D eigenvalue weighted by Crippen LogP contribution is 2.02. The zero-order valence-electron chi connectivity index (χ0n) is 7.05. The third-order valence-corrected chi connectivity index (χ3v) is 1.69. The predicted octanol–water partition coefficient (Wildman–Crippen LogP) is 0.378. The zero-order chi connectivity index (χ0) is 9.10. The molecule has 0 spiro atoms. The molecule has 0 aliphatic rings. The molecule has 5 heteroatoms. The second kappa shape index (κ2) is 3.40. The van der Waals surface area contributed by atoms with Gasteiger partial charge in [-0.05, 0) is 12.1 Å². The Morgan fingerprint density at radius 3 is 3.08 bits per heavy atom. The van der Waals surface area contributed by atoms with Crippen molar-refractivity contribution in [3.05, 3.63) is 36.0 Å². The van der Waals surface area contributed by atoms with Crippen LogP contribution < -0.4 is 5.73 Å². The normalized spacial score (nSPS) is 10.5. The number of hydrogen-bond acceptors (Lipinski definition) is 4. The topological polar surface area (TPSA) is 69.9 Å². The van der Waals surface area contributed by atoms with Crippen LogP contribution in [0.5, 0.6) is 0 Å². The van der Waals surface area contributed by atoms with Crippen LogP contribution >= 0.6 is 0 Å². The first kappa shape index (κ1) is 8.00. The van der Waals surface area contributed by atoms with Crippen molar-refractivity contribution in [3.8, 4) is 0 Å². The van der Waals surface area contributed by atoms with Gasteiger partial charge < -0.3 is 10.2 Å². The number of hydrogen-bond donors (Lipinski definition) is 1. The molecule has 68 valence electrons. The average Bonchev–Trinajstić information content (AvgIpc) is 2.76. The molecule has 5 nitrogen and oxygen atoms in total. The molecule has 0 radical (unpaired) electrons. The first-order chi connectivity index (χ1) is 6.38. The molecule has 0 atom stereocenters. The molecule has 0 aromatic carbocycles. The van der Waals surface area contributed by atoms with Crippen molar-refractivity contribution in [2.75, 3.05) is 0 Å². The molecule has 0 fully saturated rings. The van der Waals surface area contributed by atoms with Gasteiger partial charge in [0.1, 0.15) is 12.3 Å². The second-order valence-electron chi connectivity index (χ2n) is 2.69. The molecule has 0 saturated carbocycles. The zero-order valence-corrected chi connectivity index (χ0v) is 7.05. The van der Waals surface area contributed by atoms with E-state index in [0.717, 1.165) is 11.5 Å². The predicted molar refractivity (Wildman–Crippen MR) is 45.7 cm³/mol. The highest BCUT2D eigenvalue weighted by molar-refractivity contribution is 4.99. The molecule has 0 aliphatic heterocycles. The summed E-state index contributed by atoms with van der Waals surface area (Å²) < 4.78 is 6.86. The van der Waals surface area contributed by atoms with Crippen LogP contribution in [0.15, 0.2) is 29.0 Å². The van der Waals surface area contributed by atoms with Gasteiger partial charge in [0, 0.05) is 6.54 Å². The third kappa shape index (κ3) is 1.75. The molecule has 0 aliphatic carbocycles. The minimum atomic E-state index is 0.415. The summed E-state index contributed by atoms with van der Waals surface area (Å²) >= 11 is 0. The smallest absolute Gasteiger partial charge is 0.125 e. The Labute approximate surface area is 75.1 Å². The summed E-state index contributed by atoms with van der Waals surface area (Å²) in [5.74, 6) is 0.855. The Hall–Kier alpha value is -1.62. The van der Waals surface area contributed by atoms with Gasteiger partial charge in [0.2, 0.25) is 0 Å². The number of furan rings is 1. The number of nitrogens with zero attached hydrogens (tertiary/aromatic N) is 3. The molecular weight excluding hydrogens is 168 g/mol. The van der Waals surface area contributed by atoms with Gasteiger partial charge in [0.15, 0.2) is 0 Å². The summed E-state index contributed by atoms with van der Waals surface area (Å²) in [7, 11) is 0. The summed E-state index contributed by atoms with van der Waals surface area (Å²) in [6.07, 6.45) is 3.44. The van der Waals surface area contributed by atoms with Crippen LogP contribution in [-0.4, -0.2) is 15.0 Å². The van der Waals surface area contributed by atoms with Gasteiger partial charge in [-0.2, -0.15) is 0 Å². The lowest BCUT2D eigenvalue weighted by Crippen LogP contribution is -1.99. The Bertz CT molecular complexity index is 365. The van der Waals surface area contributed by atoms with Crippen LogP contribution in [0, 0.1) is 0 Å². The van der Waals surface area contributed by atoms with Gasteiger partial charge in [0.05, 0.1) is 18.2 Å². The maximum Gasteiger partial charge on any atom is 0.125 e. The van der Waals surface area contributed by atoms with E-state index < -0.39 is 0 Å². The lowest BCUT2D eigenvalue weighted by molar-refractivity contribution is 0.475. The van der Waals surface area contributed by atoms with Crippen LogP contribution in [0.2, 0.25) is 0 Å². The Balaban J connectivity index is 2.10. The minimum absolute atomic E-state index is 0.415. The number of nitrogens with two attached hydrogens (primary N) is 1. The van der Waals surface area contributed by atoms with Gasteiger partial charge in [-0.15, -0.1) is 5.10 Å². The first-order valence-electron chi connectivity index (χ1n) is 4.00. The SMILES string of the molecule is NCc1cn(Cc2ccco2)nn1. The molecular formula is C8H10N4O. The van der Waals surface area contributed by atoms with Crippen LogP contribution in [0.4, 0.5) is 0 Å². The molecule has 2 aromatic heterocycles. The fraction of sp³-hybridized carbons (Fsp3) is 0.250. The fourth-order valence-electron chi connectivity index (χ4n) is 1.07. The van der Waals surface area contributed by atoms with Crippen molar-refractivity contribution < 1.29 is 4.42 Å². The highest BCUT2D eigenvalue weighted by atomic mass is 16.3. The van der Waals surface area contributed by atoms with E-state index in [1.807, 2.05) is 18.3 Å². The van der Waals surface area contributed by atoms with E-state index in [0.29, 0.717) is 13.1 Å². The largest absolute Gasteiger partial charge is 0.467 e. The van der Waals surface area contributed by atoms with Gasteiger partial charge in [-0.3, -0.25) is 0 Å². The lowest BCUT2D eigenvalue weighted by Gasteiger charge is -1.94. The monoisotopic (exact) mass is 178 g/mol. The maximum atomic E-state index is 5.40. The lowest BCUT2D eigenvalue weighted by atomic mass is 10.4. The summed E-state index contributed by atoms with van der Waals surface area (Å²) in [5, 5.41) is 7.75. The molecule has 2 aromatic rings.